The first-order valence-electron chi connectivity index (χ1n) is 4.37. The average molecular weight is 151 g/mol. The van der Waals surface area contributed by atoms with Crippen LogP contribution in [0.4, 0.5) is 0 Å². The monoisotopic (exact) mass is 151 g/mol. The molecular weight excluding hydrogens is 134 g/mol. The van der Waals surface area contributed by atoms with E-state index in [4.69, 9.17) is 5.73 Å². The zero-order chi connectivity index (χ0) is 8.10. The lowest BCUT2D eigenvalue weighted by Gasteiger charge is -1.96. The topological polar surface area (TPSA) is 26.0 Å². The van der Waals surface area contributed by atoms with Crippen molar-refractivity contribution in [3.05, 3.63) is 24.3 Å². The summed E-state index contributed by atoms with van der Waals surface area (Å²) >= 11 is 0. The van der Waals surface area contributed by atoms with Gasteiger partial charge >= 0.3 is 0 Å². The average Bonchev–Trinajstić information content (AvgIpc) is 2.37. The minimum Gasteiger partial charge on any atom is -0.327 e. The van der Waals surface area contributed by atoms with Crippen LogP contribution in [0.25, 0.3) is 0 Å². The molecule has 0 aromatic carbocycles. The SMILES string of the molecule is C=CCC/C=C1/CCC(N)C1. The van der Waals surface area contributed by atoms with Gasteiger partial charge in [0.1, 0.15) is 0 Å². The van der Waals surface area contributed by atoms with Gasteiger partial charge in [-0.05, 0) is 32.1 Å². The summed E-state index contributed by atoms with van der Waals surface area (Å²) in [6, 6.07) is 0.435. The molecule has 2 N–H and O–H groups in total. The summed E-state index contributed by atoms with van der Waals surface area (Å²) in [6.45, 7) is 3.69. The van der Waals surface area contributed by atoms with E-state index < -0.39 is 0 Å². The van der Waals surface area contributed by atoms with Crippen LogP contribution in [0, 0.1) is 0 Å². The van der Waals surface area contributed by atoms with E-state index in [0.717, 1.165) is 19.3 Å². The van der Waals surface area contributed by atoms with Crippen LogP contribution in [0.15, 0.2) is 24.3 Å². The van der Waals surface area contributed by atoms with Crippen molar-refractivity contribution in [1.82, 2.24) is 0 Å². The second kappa shape index (κ2) is 4.35. The van der Waals surface area contributed by atoms with Crippen molar-refractivity contribution in [2.75, 3.05) is 0 Å². The predicted octanol–water partition coefficient (Wildman–Crippen LogP) is 2.39. The number of hydrogen-bond acceptors (Lipinski definition) is 1. The van der Waals surface area contributed by atoms with Crippen molar-refractivity contribution in [2.45, 2.75) is 38.1 Å². The minimum atomic E-state index is 0.435. The van der Waals surface area contributed by atoms with E-state index >= 15 is 0 Å². The first-order chi connectivity index (χ1) is 5.33. The molecule has 0 aromatic heterocycles. The highest BCUT2D eigenvalue weighted by molar-refractivity contribution is 5.09. The van der Waals surface area contributed by atoms with Crippen LogP contribution in [-0.4, -0.2) is 6.04 Å². The van der Waals surface area contributed by atoms with E-state index in [1.165, 1.54) is 12.8 Å². The summed E-state index contributed by atoms with van der Waals surface area (Å²) in [5, 5.41) is 0. The minimum absolute atomic E-state index is 0.435. The van der Waals surface area contributed by atoms with E-state index in [-0.39, 0.29) is 0 Å². The van der Waals surface area contributed by atoms with Crippen LogP contribution in [-0.2, 0) is 0 Å². The molecule has 1 atom stereocenters. The second-order valence-corrected chi connectivity index (χ2v) is 3.23. The standard InChI is InChI=1S/C10H17N/c1-2-3-4-5-9-6-7-10(11)8-9/h2,5,10H,1,3-4,6-8,11H2/b9-5-. The highest BCUT2D eigenvalue weighted by Gasteiger charge is 2.13. The van der Waals surface area contributed by atoms with Gasteiger partial charge in [0.15, 0.2) is 0 Å². The summed E-state index contributed by atoms with van der Waals surface area (Å²) in [7, 11) is 0. The van der Waals surface area contributed by atoms with E-state index in [1.807, 2.05) is 6.08 Å². The van der Waals surface area contributed by atoms with E-state index in [1.54, 1.807) is 5.57 Å². The Morgan fingerprint density at radius 3 is 2.91 bits per heavy atom. The second-order valence-electron chi connectivity index (χ2n) is 3.23. The normalized spacial score (nSPS) is 27.7. The summed E-state index contributed by atoms with van der Waals surface area (Å²) in [5.41, 5.74) is 7.32. The third-order valence-corrected chi connectivity index (χ3v) is 2.16. The number of allylic oxidation sites excluding steroid dienone is 2. The number of unbranched alkanes of at least 4 members (excludes halogenated alkanes) is 1. The molecule has 1 aliphatic carbocycles. The lowest BCUT2D eigenvalue weighted by atomic mass is 10.1. The summed E-state index contributed by atoms with van der Waals surface area (Å²) in [6.07, 6.45) is 10.1. The smallest absolute Gasteiger partial charge is 0.00791 e. The Kier molecular flexibility index (Phi) is 3.37. The van der Waals surface area contributed by atoms with Crippen LogP contribution >= 0.6 is 0 Å². The van der Waals surface area contributed by atoms with Crippen LogP contribution < -0.4 is 5.73 Å². The molecule has 0 aromatic rings. The molecule has 0 amide bonds. The Morgan fingerprint density at radius 1 is 1.55 bits per heavy atom. The summed E-state index contributed by atoms with van der Waals surface area (Å²) in [4.78, 5) is 0. The largest absolute Gasteiger partial charge is 0.327 e. The van der Waals surface area contributed by atoms with Crippen LogP contribution in [0.1, 0.15) is 32.1 Å². The molecule has 0 aliphatic heterocycles. The van der Waals surface area contributed by atoms with Gasteiger partial charge in [0.2, 0.25) is 0 Å². The highest BCUT2D eigenvalue weighted by Crippen LogP contribution is 2.23. The Bertz CT molecular complexity index is 158. The molecule has 1 nitrogen and oxygen atoms in total. The molecule has 0 spiro atoms. The summed E-state index contributed by atoms with van der Waals surface area (Å²) in [5.74, 6) is 0. The fourth-order valence-corrected chi connectivity index (χ4v) is 1.50. The molecule has 62 valence electrons. The van der Waals surface area contributed by atoms with Crippen LogP contribution in [0.5, 0.6) is 0 Å². The van der Waals surface area contributed by atoms with Gasteiger partial charge in [0.25, 0.3) is 0 Å². The third kappa shape index (κ3) is 2.89. The lowest BCUT2D eigenvalue weighted by molar-refractivity contribution is 0.711. The summed E-state index contributed by atoms with van der Waals surface area (Å²) < 4.78 is 0. The molecule has 1 aliphatic rings. The maximum Gasteiger partial charge on any atom is 0.00791 e. The fourth-order valence-electron chi connectivity index (χ4n) is 1.50. The lowest BCUT2D eigenvalue weighted by Crippen LogP contribution is -2.13. The van der Waals surface area contributed by atoms with Crippen molar-refractivity contribution in [3.63, 3.8) is 0 Å². The number of hydrogen-bond donors (Lipinski definition) is 1. The van der Waals surface area contributed by atoms with Gasteiger partial charge in [-0.25, -0.2) is 0 Å². The predicted molar refractivity (Wildman–Crippen MR) is 49.3 cm³/mol. The Morgan fingerprint density at radius 2 is 2.36 bits per heavy atom. The Labute approximate surface area is 69.0 Å². The molecule has 1 heteroatoms. The molecule has 0 saturated heterocycles. The third-order valence-electron chi connectivity index (χ3n) is 2.16. The molecule has 0 radical (unpaired) electrons. The maximum atomic E-state index is 5.77. The zero-order valence-corrected chi connectivity index (χ0v) is 7.05. The number of rotatable bonds is 3. The number of nitrogens with two attached hydrogens (primary N) is 1. The molecular formula is C10H17N. The fraction of sp³-hybridized carbons (Fsp3) is 0.600. The molecule has 1 unspecified atom stereocenters. The molecule has 0 bridgehead atoms. The van der Waals surface area contributed by atoms with Gasteiger partial charge in [0, 0.05) is 6.04 Å². The van der Waals surface area contributed by atoms with Crippen LogP contribution in [0.3, 0.4) is 0 Å². The van der Waals surface area contributed by atoms with Gasteiger partial charge in [-0.2, -0.15) is 0 Å². The van der Waals surface area contributed by atoms with Gasteiger partial charge in [-0.15, -0.1) is 6.58 Å². The first kappa shape index (κ1) is 8.54. The molecule has 1 saturated carbocycles. The van der Waals surface area contributed by atoms with Crippen molar-refractivity contribution in [1.29, 1.82) is 0 Å². The van der Waals surface area contributed by atoms with Gasteiger partial charge in [0.05, 0.1) is 0 Å². The quantitative estimate of drug-likeness (QED) is 0.486. The molecule has 11 heavy (non-hydrogen) atoms. The van der Waals surface area contributed by atoms with E-state index in [2.05, 4.69) is 12.7 Å². The van der Waals surface area contributed by atoms with E-state index in [0.29, 0.717) is 6.04 Å². The van der Waals surface area contributed by atoms with Crippen molar-refractivity contribution in [3.8, 4) is 0 Å². The maximum absolute atomic E-state index is 5.77. The van der Waals surface area contributed by atoms with Crippen molar-refractivity contribution >= 4 is 0 Å². The Balaban J connectivity index is 2.24. The van der Waals surface area contributed by atoms with Gasteiger partial charge < -0.3 is 5.73 Å². The molecule has 1 fully saturated rings. The van der Waals surface area contributed by atoms with Crippen molar-refractivity contribution < 1.29 is 0 Å². The zero-order valence-electron chi connectivity index (χ0n) is 7.05. The Hall–Kier alpha value is -0.560. The highest BCUT2D eigenvalue weighted by atomic mass is 14.6. The van der Waals surface area contributed by atoms with Crippen molar-refractivity contribution in [2.24, 2.45) is 5.73 Å². The van der Waals surface area contributed by atoms with Crippen LogP contribution in [0.2, 0.25) is 0 Å². The van der Waals surface area contributed by atoms with E-state index in [9.17, 15) is 0 Å². The molecule has 0 heterocycles. The molecule has 1 rings (SSSR count). The first-order valence-corrected chi connectivity index (χ1v) is 4.37. The van der Waals surface area contributed by atoms with Gasteiger partial charge in [-0.3, -0.25) is 0 Å². The van der Waals surface area contributed by atoms with Gasteiger partial charge in [-0.1, -0.05) is 17.7 Å².